The number of unbranched alkanes of at least 4 members (excludes halogenated alkanes) is 1. The zero-order chi connectivity index (χ0) is 26.2. The monoisotopic (exact) mass is 489 g/mol. The fourth-order valence-corrected chi connectivity index (χ4v) is 4.09. The van der Waals surface area contributed by atoms with E-state index in [9.17, 15) is 19.5 Å². The van der Waals surface area contributed by atoms with Gasteiger partial charge in [0.15, 0.2) is 0 Å². The van der Waals surface area contributed by atoms with Gasteiger partial charge >= 0.3 is 6.09 Å². The van der Waals surface area contributed by atoms with Gasteiger partial charge in [-0.15, -0.1) is 0 Å². The van der Waals surface area contributed by atoms with E-state index in [1.54, 1.807) is 37.8 Å². The normalized spacial score (nSPS) is 15.6. The number of hydrogen-bond donors (Lipinski definition) is 3. The molecule has 0 aliphatic heterocycles. The highest BCUT2D eigenvalue weighted by molar-refractivity contribution is 5.92. The molecule has 8 nitrogen and oxygen atoms in total. The molecule has 1 saturated carbocycles. The molecule has 2 rings (SSSR count). The lowest BCUT2D eigenvalue weighted by molar-refractivity contribution is -0.147. The number of benzene rings is 1. The molecule has 1 aromatic rings. The number of nitrogens with zero attached hydrogens (tertiary/aromatic N) is 1. The lowest BCUT2D eigenvalue weighted by Crippen LogP contribution is -2.57. The van der Waals surface area contributed by atoms with Crippen LogP contribution in [-0.4, -0.2) is 52.1 Å². The van der Waals surface area contributed by atoms with Gasteiger partial charge in [0.05, 0.1) is 0 Å². The van der Waals surface area contributed by atoms with Crippen LogP contribution in [0.2, 0.25) is 0 Å². The zero-order valence-electron chi connectivity index (χ0n) is 22.1. The minimum Gasteiger partial charge on any atom is -0.508 e. The number of phenolic OH excluding ortho intramolecular Hbond substituents is 1. The number of hydrogen-bond acceptors (Lipinski definition) is 5. The Morgan fingerprint density at radius 1 is 1.14 bits per heavy atom. The van der Waals surface area contributed by atoms with Crippen molar-refractivity contribution >= 4 is 17.9 Å². The van der Waals surface area contributed by atoms with E-state index in [0.717, 1.165) is 32.1 Å². The molecule has 35 heavy (non-hydrogen) atoms. The van der Waals surface area contributed by atoms with Crippen molar-refractivity contribution in [3.05, 3.63) is 29.8 Å². The van der Waals surface area contributed by atoms with E-state index < -0.39 is 23.8 Å². The Bertz CT molecular complexity index is 843. The van der Waals surface area contributed by atoms with Crippen molar-refractivity contribution in [2.75, 3.05) is 6.54 Å². The van der Waals surface area contributed by atoms with Crippen LogP contribution in [0.15, 0.2) is 24.3 Å². The summed E-state index contributed by atoms with van der Waals surface area (Å²) in [7, 11) is 0. The van der Waals surface area contributed by atoms with E-state index in [-0.39, 0.29) is 29.5 Å². The summed E-state index contributed by atoms with van der Waals surface area (Å²) in [6.45, 7) is 11.9. The Balaban J connectivity index is 2.43. The molecular weight excluding hydrogens is 446 g/mol. The Kier molecular flexibility index (Phi) is 10.4. The number of alkyl carbamates (subject to hydrolysis) is 1. The van der Waals surface area contributed by atoms with Crippen LogP contribution < -0.4 is 10.6 Å². The number of phenols is 1. The highest BCUT2D eigenvalue weighted by Gasteiger charge is 2.42. The van der Waals surface area contributed by atoms with Crippen LogP contribution in [0.25, 0.3) is 0 Å². The van der Waals surface area contributed by atoms with Gasteiger partial charge in [0.25, 0.3) is 0 Å². The number of nitrogens with one attached hydrogen (secondary N) is 2. The maximum atomic E-state index is 14.1. The molecule has 0 aromatic heterocycles. The molecular formula is C27H43N3O5. The number of rotatable bonds is 11. The summed E-state index contributed by atoms with van der Waals surface area (Å²) in [4.78, 5) is 41.8. The van der Waals surface area contributed by atoms with Gasteiger partial charge in [-0.1, -0.05) is 39.3 Å². The van der Waals surface area contributed by atoms with E-state index in [2.05, 4.69) is 10.6 Å². The SMILES string of the molecule is CCCCNC(=O)C(c1ccc(O)cc1)N(C(=O)C(CC(C)C)NC(=O)OC(C)(C)C)C1CCC1. The molecule has 1 aliphatic carbocycles. The number of carbonyl (C=O) groups is 3. The first-order valence-electron chi connectivity index (χ1n) is 12.8. The molecule has 3 amide bonds. The molecule has 196 valence electrons. The number of amides is 3. The first-order valence-corrected chi connectivity index (χ1v) is 12.8. The fraction of sp³-hybridized carbons (Fsp3) is 0.667. The maximum Gasteiger partial charge on any atom is 0.408 e. The molecule has 0 radical (unpaired) electrons. The van der Waals surface area contributed by atoms with E-state index in [1.165, 1.54) is 12.1 Å². The molecule has 1 fully saturated rings. The summed E-state index contributed by atoms with van der Waals surface area (Å²) in [6.07, 6.45) is 4.10. The van der Waals surface area contributed by atoms with Crippen LogP contribution in [0.1, 0.15) is 91.7 Å². The third-order valence-electron chi connectivity index (χ3n) is 5.98. The topological polar surface area (TPSA) is 108 Å². The van der Waals surface area contributed by atoms with E-state index in [4.69, 9.17) is 4.74 Å². The van der Waals surface area contributed by atoms with Crippen molar-refractivity contribution in [1.29, 1.82) is 0 Å². The van der Waals surface area contributed by atoms with Gasteiger partial charge in [-0.2, -0.15) is 0 Å². The molecule has 2 atom stereocenters. The molecule has 1 aliphatic rings. The van der Waals surface area contributed by atoms with Crippen molar-refractivity contribution in [1.82, 2.24) is 15.5 Å². The lowest BCUT2D eigenvalue weighted by atomic mass is 9.87. The Morgan fingerprint density at radius 3 is 2.26 bits per heavy atom. The van der Waals surface area contributed by atoms with Gasteiger partial charge < -0.3 is 25.4 Å². The molecule has 1 aromatic carbocycles. The van der Waals surface area contributed by atoms with Gasteiger partial charge in [-0.05, 0) is 76.5 Å². The Morgan fingerprint density at radius 2 is 1.77 bits per heavy atom. The summed E-state index contributed by atoms with van der Waals surface area (Å²) in [5.41, 5.74) is -0.0747. The van der Waals surface area contributed by atoms with E-state index >= 15 is 0 Å². The predicted octanol–water partition coefficient (Wildman–Crippen LogP) is 4.67. The highest BCUT2D eigenvalue weighted by atomic mass is 16.6. The lowest BCUT2D eigenvalue weighted by Gasteiger charge is -2.43. The van der Waals surface area contributed by atoms with Crippen LogP contribution >= 0.6 is 0 Å². The smallest absolute Gasteiger partial charge is 0.408 e. The molecule has 0 spiro atoms. The average Bonchev–Trinajstić information content (AvgIpc) is 2.70. The quantitative estimate of drug-likeness (QED) is 0.392. The third kappa shape index (κ3) is 8.75. The minimum absolute atomic E-state index is 0.0877. The minimum atomic E-state index is -0.861. The van der Waals surface area contributed by atoms with Gasteiger partial charge in [0.2, 0.25) is 11.8 Å². The van der Waals surface area contributed by atoms with E-state index in [1.807, 2.05) is 20.8 Å². The fourth-order valence-electron chi connectivity index (χ4n) is 4.09. The average molecular weight is 490 g/mol. The number of ether oxygens (including phenoxy) is 1. The van der Waals surface area contributed by atoms with Gasteiger partial charge in [0, 0.05) is 12.6 Å². The summed E-state index contributed by atoms with van der Waals surface area (Å²) in [5, 5.41) is 15.6. The predicted molar refractivity (Wildman–Crippen MR) is 136 cm³/mol. The highest BCUT2D eigenvalue weighted by Crippen LogP contribution is 2.34. The summed E-state index contributed by atoms with van der Waals surface area (Å²) in [5.74, 6) is -0.333. The first-order chi connectivity index (χ1) is 16.4. The Hall–Kier alpha value is -2.77. The van der Waals surface area contributed by atoms with Gasteiger partial charge in [-0.3, -0.25) is 9.59 Å². The first kappa shape index (κ1) is 28.5. The summed E-state index contributed by atoms with van der Waals surface area (Å²) >= 11 is 0. The standard InChI is InChI=1S/C27H43N3O5/c1-7-8-16-28-24(32)23(19-12-14-21(31)15-13-19)30(20-10-9-11-20)25(33)22(17-18(2)3)29-26(34)35-27(4,5)6/h12-15,18,20,22-23,31H,7-11,16-17H2,1-6H3,(H,28,32)(H,29,34). The summed E-state index contributed by atoms with van der Waals surface area (Å²) in [6, 6.07) is 4.61. The third-order valence-corrected chi connectivity index (χ3v) is 5.98. The van der Waals surface area contributed by atoms with Crippen LogP contribution in [0.5, 0.6) is 5.75 Å². The number of carbonyl (C=O) groups excluding carboxylic acids is 3. The molecule has 0 bridgehead atoms. The maximum absolute atomic E-state index is 14.1. The second kappa shape index (κ2) is 12.8. The van der Waals surface area contributed by atoms with Gasteiger partial charge in [0.1, 0.15) is 23.4 Å². The van der Waals surface area contributed by atoms with Crippen molar-refractivity contribution in [3.63, 3.8) is 0 Å². The zero-order valence-corrected chi connectivity index (χ0v) is 22.1. The molecule has 3 N–H and O–H groups in total. The van der Waals surface area contributed by atoms with E-state index in [0.29, 0.717) is 18.5 Å². The molecule has 0 saturated heterocycles. The van der Waals surface area contributed by atoms with Crippen molar-refractivity contribution in [2.45, 2.75) is 104 Å². The largest absolute Gasteiger partial charge is 0.508 e. The second-order valence-corrected chi connectivity index (χ2v) is 10.8. The van der Waals surface area contributed by atoms with Crippen molar-refractivity contribution in [3.8, 4) is 5.75 Å². The van der Waals surface area contributed by atoms with Gasteiger partial charge in [-0.25, -0.2) is 4.79 Å². The second-order valence-electron chi connectivity index (χ2n) is 10.8. The summed E-state index contributed by atoms with van der Waals surface area (Å²) < 4.78 is 5.42. The van der Waals surface area contributed by atoms with Crippen LogP contribution in [-0.2, 0) is 14.3 Å². The molecule has 8 heteroatoms. The molecule has 0 heterocycles. The molecule has 2 unspecified atom stereocenters. The van der Waals surface area contributed by atoms with Crippen LogP contribution in [0.4, 0.5) is 4.79 Å². The van der Waals surface area contributed by atoms with Crippen LogP contribution in [0.3, 0.4) is 0 Å². The van der Waals surface area contributed by atoms with Crippen molar-refractivity contribution < 1.29 is 24.2 Å². The number of aromatic hydroxyl groups is 1. The van der Waals surface area contributed by atoms with Crippen LogP contribution in [0, 0.1) is 5.92 Å². The Labute approximate surface area is 209 Å². The van der Waals surface area contributed by atoms with Crippen molar-refractivity contribution in [2.24, 2.45) is 5.92 Å².